The largest absolute Gasteiger partial charge is 0.282 e. The first-order valence-corrected chi connectivity index (χ1v) is 10.5. The quantitative estimate of drug-likeness (QED) is 0.487. The van der Waals surface area contributed by atoms with Gasteiger partial charge in [-0.25, -0.2) is 0 Å². The maximum atomic E-state index is 12.8. The van der Waals surface area contributed by atoms with E-state index in [1.807, 2.05) is 37.3 Å². The summed E-state index contributed by atoms with van der Waals surface area (Å²) in [6.07, 6.45) is 6.75. The van der Waals surface area contributed by atoms with E-state index in [4.69, 9.17) is 0 Å². The van der Waals surface area contributed by atoms with E-state index in [-0.39, 0.29) is 5.91 Å². The normalized spacial score (nSPS) is 17.3. The minimum absolute atomic E-state index is 0.0578. The van der Waals surface area contributed by atoms with Crippen LogP contribution in [-0.2, 0) is 11.2 Å². The van der Waals surface area contributed by atoms with Crippen molar-refractivity contribution in [1.82, 2.24) is 15.1 Å². The number of thioether (sulfide) groups is 1. The lowest BCUT2D eigenvalue weighted by Gasteiger charge is -2.11. The first kappa shape index (κ1) is 19.5. The van der Waals surface area contributed by atoms with E-state index in [1.165, 1.54) is 23.1 Å². The van der Waals surface area contributed by atoms with Crippen molar-refractivity contribution in [3.8, 4) is 0 Å². The molecule has 0 spiro atoms. The number of hydrogen-bond donors (Lipinski definition) is 0. The highest BCUT2D eigenvalue weighted by atomic mass is 32.2. The van der Waals surface area contributed by atoms with E-state index in [0.29, 0.717) is 21.7 Å². The molecule has 5 nitrogen and oxygen atoms in total. The Bertz CT molecular complexity index is 901. The van der Waals surface area contributed by atoms with E-state index < -0.39 is 0 Å². The molecule has 1 fully saturated rings. The zero-order chi connectivity index (χ0) is 19.2. The molecule has 1 amide bonds. The molecule has 7 heteroatoms. The highest BCUT2D eigenvalue weighted by Crippen LogP contribution is 2.35. The van der Waals surface area contributed by atoms with E-state index in [0.717, 1.165) is 35.4 Å². The second-order valence-corrected chi connectivity index (χ2v) is 8.20. The van der Waals surface area contributed by atoms with Gasteiger partial charge in [-0.05, 0) is 42.3 Å². The van der Waals surface area contributed by atoms with Gasteiger partial charge >= 0.3 is 0 Å². The molecule has 2 aromatic rings. The standard InChI is InChI=1S/C20H22N4OS2/c1-4-6-11-17-22-23-19(27-17)21-20-24(12-5-2)18(25)16(26-20)13-15-10-8-7-9-14(15)3/h5,7-10,13H,2,4,6,11-12H2,1,3H3/b16-13+,21-20?. The van der Waals surface area contributed by atoms with E-state index in [9.17, 15) is 4.79 Å². The van der Waals surface area contributed by atoms with Gasteiger partial charge in [0, 0.05) is 13.0 Å². The zero-order valence-electron chi connectivity index (χ0n) is 15.5. The van der Waals surface area contributed by atoms with Crippen LogP contribution < -0.4 is 0 Å². The molecule has 140 valence electrons. The lowest BCUT2D eigenvalue weighted by Crippen LogP contribution is -2.29. The topological polar surface area (TPSA) is 58.5 Å². The molecule has 1 saturated heterocycles. The van der Waals surface area contributed by atoms with Crippen molar-refractivity contribution in [3.63, 3.8) is 0 Å². The van der Waals surface area contributed by atoms with Crippen LogP contribution in [0, 0.1) is 6.92 Å². The van der Waals surface area contributed by atoms with Crippen molar-refractivity contribution < 1.29 is 4.79 Å². The van der Waals surface area contributed by atoms with Crippen LogP contribution in [0.4, 0.5) is 5.13 Å². The minimum Gasteiger partial charge on any atom is -0.282 e. The van der Waals surface area contributed by atoms with Gasteiger partial charge in [0.2, 0.25) is 5.13 Å². The van der Waals surface area contributed by atoms with Gasteiger partial charge in [-0.2, -0.15) is 4.99 Å². The molecule has 1 aliphatic rings. The number of aromatic nitrogens is 2. The molecule has 0 bridgehead atoms. The number of hydrogen-bond acceptors (Lipinski definition) is 6. The van der Waals surface area contributed by atoms with E-state index >= 15 is 0 Å². The predicted octanol–water partition coefficient (Wildman–Crippen LogP) is 4.98. The second kappa shape index (κ2) is 9.10. The van der Waals surface area contributed by atoms with Crippen molar-refractivity contribution in [1.29, 1.82) is 0 Å². The Morgan fingerprint density at radius 3 is 2.85 bits per heavy atom. The molecule has 3 rings (SSSR count). The van der Waals surface area contributed by atoms with Crippen LogP contribution in [0.1, 0.15) is 35.9 Å². The number of unbranched alkanes of at least 4 members (excludes halogenated alkanes) is 1. The Morgan fingerprint density at radius 2 is 2.11 bits per heavy atom. The maximum Gasteiger partial charge on any atom is 0.267 e. The zero-order valence-corrected chi connectivity index (χ0v) is 17.1. The Balaban J connectivity index is 1.88. The Kier molecular flexibility index (Phi) is 6.58. The number of carbonyl (C=O) groups is 1. The molecule has 2 heterocycles. The molecular formula is C20H22N4OS2. The minimum atomic E-state index is -0.0578. The van der Waals surface area contributed by atoms with Crippen molar-refractivity contribution in [2.24, 2.45) is 4.99 Å². The molecule has 0 saturated carbocycles. The van der Waals surface area contributed by atoms with Gasteiger partial charge in [-0.3, -0.25) is 9.69 Å². The molecule has 1 aromatic carbocycles. The first-order valence-electron chi connectivity index (χ1n) is 8.91. The van der Waals surface area contributed by atoms with Crippen LogP contribution in [0.3, 0.4) is 0 Å². The maximum absolute atomic E-state index is 12.8. The fourth-order valence-electron chi connectivity index (χ4n) is 2.57. The van der Waals surface area contributed by atoms with Crippen molar-refractivity contribution in [3.05, 3.63) is 58.0 Å². The second-order valence-electron chi connectivity index (χ2n) is 6.15. The summed E-state index contributed by atoms with van der Waals surface area (Å²) < 4.78 is 0. The Morgan fingerprint density at radius 1 is 1.30 bits per heavy atom. The van der Waals surface area contributed by atoms with Crippen LogP contribution in [0.2, 0.25) is 0 Å². The number of amides is 1. The van der Waals surface area contributed by atoms with Gasteiger partial charge in [0.1, 0.15) is 5.01 Å². The summed E-state index contributed by atoms with van der Waals surface area (Å²) in [5.74, 6) is -0.0578. The summed E-state index contributed by atoms with van der Waals surface area (Å²) in [4.78, 5) is 19.7. The van der Waals surface area contributed by atoms with Crippen LogP contribution >= 0.6 is 23.1 Å². The molecular weight excluding hydrogens is 376 g/mol. The highest BCUT2D eigenvalue weighted by Gasteiger charge is 2.33. The van der Waals surface area contributed by atoms with Gasteiger partial charge in [0.15, 0.2) is 5.17 Å². The summed E-state index contributed by atoms with van der Waals surface area (Å²) in [5.41, 5.74) is 2.16. The van der Waals surface area contributed by atoms with Crippen molar-refractivity contribution >= 4 is 45.4 Å². The number of aryl methyl sites for hydroxylation is 2. The molecule has 0 aliphatic carbocycles. The third-order valence-corrected chi connectivity index (χ3v) is 5.95. The predicted molar refractivity (Wildman–Crippen MR) is 114 cm³/mol. The fraction of sp³-hybridized carbons (Fsp3) is 0.300. The van der Waals surface area contributed by atoms with Crippen molar-refractivity contribution in [2.45, 2.75) is 33.1 Å². The SMILES string of the molecule is C=CCN1C(=O)/C(=C\c2ccccc2C)SC1=Nc1nnc(CCCC)s1. The van der Waals surface area contributed by atoms with E-state index in [1.54, 1.807) is 11.0 Å². The molecule has 0 N–H and O–H groups in total. The lowest BCUT2D eigenvalue weighted by molar-refractivity contribution is -0.121. The summed E-state index contributed by atoms with van der Waals surface area (Å²) >= 11 is 2.85. The summed E-state index contributed by atoms with van der Waals surface area (Å²) in [6, 6.07) is 8.00. The van der Waals surface area contributed by atoms with Crippen LogP contribution in [-0.4, -0.2) is 32.7 Å². The number of nitrogens with zero attached hydrogens (tertiary/aromatic N) is 4. The van der Waals surface area contributed by atoms with Gasteiger partial charge in [0.25, 0.3) is 5.91 Å². The third kappa shape index (κ3) is 4.73. The summed E-state index contributed by atoms with van der Waals surface area (Å²) in [6.45, 7) is 8.36. The first-order chi connectivity index (χ1) is 13.1. The van der Waals surface area contributed by atoms with Gasteiger partial charge in [0.05, 0.1) is 4.91 Å². The molecule has 0 atom stereocenters. The smallest absolute Gasteiger partial charge is 0.267 e. The number of aliphatic imine (C=N–C) groups is 1. The van der Waals surface area contributed by atoms with Crippen molar-refractivity contribution in [2.75, 3.05) is 6.54 Å². The van der Waals surface area contributed by atoms with Gasteiger partial charge in [-0.1, -0.05) is 55.0 Å². The summed E-state index contributed by atoms with van der Waals surface area (Å²) in [5, 5.41) is 10.5. The molecule has 0 radical (unpaired) electrons. The number of carbonyl (C=O) groups excluding carboxylic acids is 1. The Hall–Kier alpha value is -2.25. The Labute approximate surface area is 167 Å². The average molecular weight is 399 g/mol. The third-order valence-electron chi connectivity index (χ3n) is 4.07. The molecule has 1 aromatic heterocycles. The molecule has 27 heavy (non-hydrogen) atoms. The number of amidine groups is 1. The monoisotopic (exact) mass is 398 g/mol. The average Bonchev–Trinajstić information content (AvgIpc) is 3.22. The number of rotatable bonds is 7. The van der Waals surface area contributed by atoms with Crippen LogP contribution in [0.25, 0.3) is 6.08 Å². The van der Waals surface area contributed by atoms with Crippen LogP contribution in [0.15, 0.2) is 46.8 Å². The van der Waals surface area contributed by atoms with Gasteiger partial charge in [-0.15, -0.1) is 16.8 Å². The highest BCUT2D eigenvalue weighted by molar-refractivity contribution is 8.18. The van der Waals surface area contributed by atoms with Crippen LogP contribution in [0.5, 0.6) is 0 Å². The fourth-order valence-corrected chi connectivity index (χ4v) is 4.36. The molecule has 0 unspecified atom stereocenters. The van der Waals surface area contributed by atoms with Gasteiger partial charge < -0.3 is 0 Å². The lowest BCUT2D eigenvalue weighted by atomic mass is 10.1. The number of benzene rings is 1. The summed E-state index contributed by atoms with van der Waals surface area (Å²) in [7, 11) is 0. The van der Waals surface area contributed by atoms with E-state index in [2.05, 4.69) is 28.7 Å². The molecule has 1 aliphatic heterocycles.